The molecule has 6 heteroatoms. The Labute approximate surface area is 133 Å². The fraction of sp³-hybridized carbons (Fsp3) is 0.235. The smallest absolute Gasteiger partial charge is 0.246 e. The maximum absolute atomic E-state index is 12.0. The summed E-state index contributed by atoms with van der Waals surface area (Å²) in [7, 11) is 0. The molecule has 1 unspecified atom stereocenters. The second-order valence-corrected chi connectivity index (χ2v) is 5.32. The molecule has 0 saturated carbocycles. The Kier molecular flexibility index (Phi) is 4.52. The lowest BCUT2D eigenvalue weighted by Gasteiger charge is -2.11. The van der Waals surface area contributed by atoms with E-state index in [4.69, 9.17) is 4.74 Å². The third-order valence-electron chi connectivity index (χ3n) is 3.56. The minimum atomic E-state index is -0.441. The van der Waals surface area contributed by atoms with Crippen molar-refractivity contribution in [3.05, 3.63) is 54.4 Å². The summed E-state index contributed by atoms with van der Waals surface area (Å²) in [5.41, 5.74) is 1.66. The number of benzene rings is 1. The van der Waals surface area contributed by atoms with Gasteiger partial charge in [-0.2, -0.15) is 0 Å². The monoisotopic (exact) mass is 311 g/mol. The molecule has 1 saturated heterocycles. The van der Waals surface area contributed by atoms with Crippen LogP contribution in [0.15, 0.2) is 48.8 Å². The molecule has 6 nitrogen and oxygen atoms in total. The number of amides is 2. The number of anilines is 1. The van der Waals surface area contributed by atoms with Gasteiger partial charge in [0, 0.05) is 30.1 Å². The first-order chi connectivity index (χ1) is 11.2. The normalized spacial score (nSPS) is 16.7. The van der Waals surface area contributed by atoms with Gasteiger partial charge < -0.3 is 15.4 Å². The van der Waals surface area contributed by atoms with E-state index < -0.39 is 6.04 Å². The molecule has 1 aliphatic rings. The largest absolute Gasteiger partial charge is 0.489 e. The van der Waals surface area contributed by atoms with Gasteiger partial charge in [-0.25, -0.2) is 0 Å². The van der Waals surface area contributed by atoms with Crippen molar-refractivity contribution in [2.24, 2.45) is 0 Å². The van der Waals surface area contributed by atoms with Crippen molar-refractivity contribution in [2.75, 3.05) is 5.32 Å². The van der Waals surface area contributed by atoms with Gasteiger partial charge in [0.25, 0.3) is 0 Å². The van der Waals surface area contributed by atoms with Crippen LogP contribution in [-0.2, 0) is 16.2 Å². The molecule has 1 aliphatic heterocycles. The van der Waals surface area contributed by atoms with E-state index in [1.165, 1.54) is 0 Å². The van der Waals surface area contributed by atoms with E-state index in [1.54, 1.807) is 36.7 Å². The lowest BCUT2D eigenvalue weighted by Crippen LogP contribution is -2.37. The molecule has 1 aromatic heterocycles. The number of carbonyl (C=O) groups excluding carboxylic acids is 2. The minimum Gasteiger partial charge on any atom is -0.489 e. The number of aromatic nitrogens is 1. The van der Waals surface area contributed by atoms with E-state index in [0.717, 1.165) is 5.56 Å². The van der Waals surface area contributed by atoms with Crippen LogP contribution in [0.2, 0.25) is 0 Å². The first kappa shape index (κ1) is 15.0. The average Bonchev–Trinajstić information content (AvgIpc) is 3.02. The van der Waals surface area contributed by atoms with Crippen molar-refractivity contribution in [1.29, 1.82) is 0 Å². The summed E-state index contributed by atoms with van der Waals surface area (Å²) in [5.74, 6) is 0.435. The molecule has 118 valence electrons. The lowest BCUT2D eigenvalue weighted by atomic mass is 10.2. The van der Waals surface area contributed by atoms with Crippen LogP contribution in [0.5, 0.6) is 5.75 Å². The van der Waals surface area contributed by atoms with Crippen LogP contribution >= 0.6 is 0 Å². The fourth-order valence-corrected chi connectivity index (χ4v) is 2.32. The van der Waals surface area contributed by atoms with Crippen LogP contribution < -0.4 is 15.4 Å². The lowest BCUT2D eigenvalue weighted by molar-refractivity contribution is -0.122. The van der Waals surface area contributed by atoms with Gasteiger partial charge in [-0.3, -0.25) is 14.6 Å². The van der Waals surface area contributed by atoms with Gasteiger partial charge >= 0.3 is 0 Å². The second-order valence-electron chi connectivity index (χ2n) is 5.32. The predicted octanol–water partition coefficient (Wildman–Crippen LogP) is 1.88. The third-order valence-corrected chi connectivity index (χ3v) is 3.56. The van der Waals surface area contributed by atoms with Crippen LogP contribution in [0.4, 0.5) is 5.69 Å². The highest BCUT2D eigenvalue weighted by molar-refractivity contribution is 5.98. The van der Waals surface area contributed by atoms with Gasteiger partial charge in [0.15, 0.2) is 0 Å². The highest BCUT2D eigenvalue weighted by atomic mass is 16.5. The van der Waals surface area contributed by atoms with Gasteiger partial charge in [-0.1, -0.05) is 6.07 Å². The van der Waals surface area contributed by atoms with E-state index in [9.17, 15) is 9.59 Å². The Bertz CT molecular complexity index is 686. The number of rotatable bonds is 5. The molecule has 2 aromatic rings. The molecule has 0 aliphatic carbocycles. The maximum Gasteiger partial charge on any atom is 0.246 e. The van der Waals surface area contributed by atoms with Gasteiger partial charge in [0.1, 0.15) is 18.4 Å². The molecule has 1 fully saturated rings. The van der Waals surface area contributed by atoms with Crippen molar-refractivity contribution >= 4 is 17.5 Å². The summed E-state index contributed by atoms with van der Waals surface area (Å²) < 4.78 is 5.66. The number of hydrogen-bond acceptors (Lipinski definition) is 4. The van der Waals surface area contributed by atoms with E-state index in [2.05, 4.69) is 15.6 Å². The summed E-state index contributed by atoms with van der Waals surface area (Å²) in [6, 6.07) is 10.5. The Morgan fingerprint density at radius 1 is 1.30 bits per heavy atom. The second kappa shape index (κ2) is 6.91. The first-order valence-corrected chi connectivity index (χ1v) is 7.43. The minimum absolute atomic E-state index is 0.0794. The number of nitrogens with one attached hydrogen (secondary N) is 2. The van der Waals surface area contributed by atoms with Crippen molar-refractivity contribution in [2.45, 2.75) is 25.5 Å². The molecular weight excluding hydrogens is 294 g/mol. The Balaban J connectivity index is 1.52. The van der Waals surface area contributed by atoms with Crippen LogP contribution in [0.1, 0.15) is 18.4 Å². The van der Waals surface area contributed by atoms with E-state index >= 15 is 0 Å². The van der Waals surface area contributed by atoms with E-state index in [-0.39, 0.29) is 11.8 Å². The van der Waals surface area contributed by atoms with Crippen molar-refractivity contribution in [3.63, 3.8) is 0 Å². The average molecular weight is 311 g/mol. The van der Waals surface area contributed by atoms with Crippen molar-refractivity contribution in [3.8, 4) is 5.75 Å². The zero-order valence-corrected chi connectivity index (χ0v) is 12.5. The SMILES string of the molecule is O=C1CCC(C(=O)Nc2ccc(OCc3cccnc3)cc2)N1. The number of carbonyl (C=O) groups is 2. The number of nitrogens with zero attached hydrogens (tertiary/aromatic N) is 1. The molecule has 2 amide bonds. The summed E-state index contributed by atoms with van der Waals surface area (Å²) >= 11 is 0. The van der Waals surface area contributed by atoms with Crippen LogP contribution in [0, 0.1) is 0 Å². The van der Waals surface area contributed by atoms with E-state index in [0.29, 0.717) is 30.9 Å². The molecular formula is C17H17N3O3. The maximum atomic E-state index is 12.0. The zero-order chi connectivity index (χ0) is 16.1. The standard InChI is InChI=1S/C17H17N3O3/c21-16-8-7-15(20-16)17(22)19-13-3-5-14(6-4-13)23-11-12-2-1-9-18-10-12/h1-6,9-10,15H,7-8,11H2,(H,19,22)(H,20,21). The molecule has 1 atom stereocenters. The molecule has 2 N–H and O–H groups in total. The summed E-state index contributed by atoms with van der Waals surface area (Å²) in [4.78, 5) is 27.2. The number of ether oxygens (including phenoxy) is 1. The third kappa shape index (κ3) is 4.06. The van der Waals surface area contributed by atoms with Crippen LogP contribution in [-0.4, -0.2) is 22.8 Å². The van der Waals surface area contributed by atoms with Gasteiger partial charge in [-0.15, -0.1) is 0 Å². The molecule has 0 spiro atoms. The van der Waals surface area contributed by atoms with Gasteiger partial charge in [0.2, 0.25) is 11.8 Å². The quantitative estimate of drug-likeness (QED) is 0.883. The summed E-state index contributed by atoms with van der Waals surface area (Å²) in [6.45, 7) is 0.438. The molecule has 23 heavy (non-hydrogen) atoms. The molecule has 1 aromatic carbocycles. The Morgan fingerprint density at radius 3 is 2.78 bits per heavy atom. The van der Waals surface area contributed by atoms with Crippen LogP contribution in [0.3, 0.4) is 0 Å². The van der Waals surface area contributed by atoms with Crippen molar-refractivity contribution in [1.82, 2.24) is 10.3 Å². The Hall–Kier alpha value is -2.89. The molecule has 0 radical (unpaired) electrons. The number of hydrogen-bond donors (Lipinski definition) is 2. The number of pyridine rings is 1. The fourth-order valence-electron chi connectivity index (χ4n) is 2.32. The van der Waals surface area contributed by atoms with Crippen molar-refractivity contribution < 1.29 is 14.3 Å². The predicted molar refractivity (Wildman–Crippen MR) is 84.8 cm³/mol. The topological polar surface area (TPSA) is 80.3 Å². The Morgan fingerprint density at radius 2 is 2.13 bits per heavy atom. The molecule has 3 rings (SSSR count). The van der Waals surface area contributed by atoms with Gasteiger partial charge in [0.05, 0.1) is 0 Å². The summed E-state index contributed by atoms with van der Waals surface area (Å²) in [6.07, 6.45) is 4.41. The zero-order valence-electron chi connectivity index (χ0n) is 12.5. The summed E-state index contributed by atoms with van der Waals surface area (Å²) in [5, 5.41) is 5.43. The highest BCUT2D eigenvalue weighted by Crippen LogP contribution is 2.18. The van der Waals surface area contributed by atoms with E-state index in [1.807, 2.05) is 12.1 Å². The first-order valence-electron chi connectivity index (χ1n) is 7.43. The highest BCUT2D eigenvalue weighted by Gasteiger charge is 2.26. The molecule has 0 bridgehead atoms. The van der Waals surface area contributed by atoms with Crippen LogP contribution in [0.25, 0.3) is 0 Å². The van der Waals surface area contributed by atoms with Gasteiger partial charge in [-0.05, 0) is 36.8 Å². The molecule has 2 heterocycles.